The van der Waals surface area contributed by atoms with Gasteiger partial charge in [-0.2, -0.15) is 0 Å². The molecular weight excluding hydrogens is 356 g/mol. The molecule has 0 amide bonds. The molecule has 2 heterocycles. The first-order valence-electron chi connectivity index (χ1n) is 8.09. The Morgan fingerprint density at radius 1 is 1.32 bits per heavy atom. The molecule has 1 atom stereocenters. The smallest absolute Gasteiger partial charge is 0.247 e. The molecule has 1 unspecified atom stereocenters. The maximum absolute atomic E-state index is 11.4. The summed E-state index contributed by atoms with van der Waals surface area (Å²) in [5.74, 6) is 1.35. The SMILES string of the molecule is CN=C(NCc1ccc(S(N)(=O)=O)s1)N1CCC(c2ccccc2)C1. The van der Waals surface area contributed by atoms with Crippen LogP contribution >= 0.6 is 11.3 Å². The Morgan fingerprint density at radius 3 is 2.72 bits per heavy atom. The van der Waals surface area contributed by atoms with E-state index in [4.69, 9.17) is 5.14 Å². The van der Waals surface area contributed by atoms with E-state index in [1.165, 1.54) is 16.9 Å². The number of nitrogens with two attached hydrogens (primary N) is 1. The molecule has 1 aromatic heterocycles. The number of nitrogens with one attached hydrogen (secondary N) is 1. The van der Waals surface area contributed by atoms with Crippen molar-refractivity contribution in [3.8, 4) is 0 Å². The minimum absolute atomic E-state index is 0.185. The Balaban J connectivity index is 1.59. The Bertz CT molecular complexity index is 847. The van der Waals surface area contributed by atoms with Gasteiger partial charge in [0.25, 0.3) is 0 Å². The van der Waals surface area contributed by atoms with Crippen molar-refractivity contribution in [2.45, 2.75) is 23.1 Å². The number of thiophene rings is 1. The quantitative estimate of drug-likeness (QED) is 0.629. The summed E-state index contributed by atoms with van der Waals surface area (Å²) in [6.45, 7) is 2.40. The van der Waals surface area contributed by atoms with Gasteiger partial charge in [-0.25, -0.2) is 13.6 Å². The fourth-order valence-electron chi connectivity index (χ4n) is 3.05. The number of likely N-dealkylation sites (tertiary alicyclic amines) is 1. The molecule has 1 fully saturated rings. The van der Waals surface area contributed by atoms with E-state index in [-0.39, 0.29) is 4.21 Å². The van der Waals surface area contributed by atoms with E-state index in [0.29, 0.717) is 12.5 Å². The molecular formula is C17H22N4O2S2. The monoisotopic (exact) mass is 378 g/mol. The fourth-order valence-corrected chi connectivity index (χ4v) is 4.77. The minimum Gasteiger partial charge on any atom is -0.351 e. The van der Waals surface area contributed by atoms with Crippen LogP contribution < -0.4 is 10.5 Å². The van der Waals surface area contributed by atoms with Gasteiger partial charge in [0.2, 0.25) is 10.0 Å². The van der Waals surface area contributed by atoms with Crippen molar-refractivity contribution in [1.29, 1.82) is 0 Å². The first kappa shape index (κ1) is 17.9. The highest BCUT2D eigenvalue weighted by Gasteiger charge is 2.25. The van der Waals surface area contributed by atoms with E-state index >= 15 is 0 Å². The third kappa shape index (κ3) is 4.39. The molecule has 1 aliphatic heterocycles. The van der Waals surface area contributed by atoms with Crippen LogP contribution in [0.4, 0.5) is 0 Å². The highest BCUT2D eigenvalue weighted by Crippen LogP contribution is 2.27. The molecule has 0 aliphatic carbocycles. The Labute approximate surface area is 152 Å². The maximum atomic E-state index is 11.4. The van der Waals surface area contributed by atoms with E-state index in [2.05, 4.69) is 39.5 Å². The van der Waals surface area contributed by atoms with Crippen molar-refractivity contribution >= 4 is 27.3 Å². The molecule has 25 heavy (non-hydrogen) atoms. The number of guanidine groups is 1. The number of hydrogen-bond acceptors (Lipinski definition) is 4. The van der Waals surface area contributed by atoms with Gasteiger partial charge in [-0.15, -0.1) is 11.3 Å². The topological polar surface area (TPSA) is 87.8 Å². The normalized spacial score (nSPS) is 18.6. The Kier molecular flexibility index (Phi) is 5.41. The van der Waals surface area contributed by atoms with Crippen molar-refractivity contribution in [2.75, 3.05) is 20.1 Å². The highest BCUT2D eigenvalue weighted by atomic mass is 32.2. The maximum Gasteiger partial charge on any atom is 0.247 e. The first-order valence-corrected chi connectivity index (χ1v) is 10.5. The summed E-state index contributed by atoms with van der Waals surface area (Å²) in [6, 6.07) is 13.8. The first-order chi connectivity index (χ1) is 12.0. The van der Waals surface area contributed by atoms with Crippen molar-refractivity contribution in [3.63, 3.8) is 0 Å². The van der Waals surface area contributed by atoms with E-state index < -0.39 is 10.0 Å². The number of nitrogens with zero attached hydrogens (tertiary/aromatic N) is 2. The summed E-state index contributed by atoms with van der Waals surface area (Å²) < 4.78 is 22.9. The van der Waals surface area contributed by atoms with Gasteiger partial charge in [0.05, 0.1) is 6.54 Å². The van der Waals surface area contributed by atoms with Crippen molar-refractivity contribution in [3.05, 3.63) is 52.9 Å². The predicted molar refractivity (Wildman–Crippen MR) is 101 cm³/mol. The second-order valence-corrected chi connectivity index (χ2v) is 8.97. The standard InChI is InChI=1S/C17H22N4O2S2/c1-19-17(20-11-15-7-8-16(24-15)25(18,22)23)21-10-9-14(12-21)13-5-3-2-4-6-13/h2-8,14H,9-12H2,1H3,(H,19,20)(H2,18,22,23). The predicted octanol–water partition coefficient (Wildman–Crippen LogP) is 1.96. The zero-order chi connectivity index (χ0) is 17.9. The van der Waals surface area contributed by atoms with Crippen LogP contribution in [0, 0.1) is 0 Å². The molecule has 1 aliphatic rings. The van der Waals surface area contributed by atoms with Crippen LogP contribution in [0.25, 0.3) is 0 Å². The average Bonchev–Trinajstić information content (AvgIpc) is 3.25. The number of rotatable bonds is 4. The lowest BCUT2D eigenvalue weighted by Gasteiger charge is -2.21. The molecule has 1 aromatic carbocycles. The molecule has 8 heteroatoms. The van der Waals surface area contributed by atoms with E-state index in [9.17, 15) is 8.42 Å². The summed E-state index contributed by atoms with van der Waals surface area (Å²) >= 11 is 1.18. The summed E-state index contributed by atoms with van der Waals surface area (Å²) in [7, 11) is -1.86. The molecule has 3 N–H and O–H groups in total. The molecule has 0 saturated carbocycles. The van der Waals surface area contributed by atoms with E-state index in [1.807, 2.05) is 6.07 Å². The number of aliphatic imine (C=N–C) groups is 1. The average molecular weight is 379 g/mol. The third-order valence-electron chi connectivity index (χ3n) is 4.31. The van der Waals surface area contributed by atoms with E-state index in [0.717, 1.165) is 30.3 Å². The number of primary sulfonamides is 1. The number of hydrogen-bond donors (Lipinski definition) is 2. The van der Waals surface area contributed by atoms with Gasteiger partial charge >= 0.3 is 0 Å². The third-order valence-corrected chi connectivity index (χ3v) is 6.83. The summed E-state index contributed by atoms with van der Waals surface area (Å²) in [6.07, 6.45) is 1.10. The Hall–Kier alpha value is -1.90. The van der Waals surface area contributed by atoms with Crippen LogP contribution in [0.15, 0.2) is 51.7 Å². The van der Waals surface area contributed by atoms with Crippen LogP contribution in [0.5, 0.6) is 0 Å². The lowest BCUT2D eigenvalue weighted by Crippen LogP contribution is -2.39. The molecule has 0 spiro atoms. The van der Waals surface area contributed by atoms with Crippen molar-refractivity contribution in [1.82, 2.24) is 10.2 Å². The molecule has 1 saturated heterocycles. The minimum atomic E-state index is -3.63. The van der Waals surface area contributed by atoms with Gasteiger partial charge in [-0.05, 0) is 24.1 Å². The van der Waals surface area contributed by atoms with Crippen LogP contribution in [0.2, 0.25) is 0 Å². The van der Waals surface area contributed by atoms with Gasteiger partial charge in [-0.1, -0.05) is 30.3 Å². The lowest BCUT2D eigenvalue weighted by atomic mass is 9.99. The van der Waals surface area contributed by atoms with Crippen molar-refractivity contribution < 1.29 is 8.42 Å². The molecule has 134 valence electrons. The van der Waals surface area contributed by atoms with Crippen LogP contribution in [0.1, 0.15) is 22.8 Å². The van der Waals surface area contributed by atoms with Gasteiger partial charge in [-0.3, -0.25) is 4.99 Å². The fraction of sp³-hybridized carbons (Fsp3) is 0.353. The zero-order valence-electron chi connectivity index (χ0n) is 14.1. The lowest BCUT2D eigenvalue weighted by molar-refractivity contribution is 0.486. The summed E-state index contributed by atoms with van der Waals surface area (Å²) in [5.41, 5.74) is 1.36. The molecule has 6 nitrogen and oxygen atoms in total. The van der Waals surface area contributed by atoms with Gasteiger partial charge in [0.15, 0.2) is 5.96 Å². The molecule has 0 radical (unpaired) electrons. The van der Waals surface area contributed by atoms with E-state index in [1.54, 1.807) is 19.2 Å². The molecule has 3 rings (SSSR count). The largest absolute Gasteiger partial charge is 0.351 e. The van der Waals surface area contributed by atoms with Gasteiger partial charge in [0.1, 0.15) is 4.21 Å². The van der Waals surface area contributed by atoms with Crippen molar-refractivity contribution in [2.24, 2.45) is 10.1 Å². The Morgan fingerprint density at radius 2 is 2.08 bits per heavy atom. The van der Waals surface area contributed by atoms with Gasteiger partial charge in [0, 0.05) is 30.9 Å². The van der Waals surface area contributed by atoms with Gasteiger partial charge < -0.3 is 10.2 Å². The summed E-state index contributed by atoms with van der Waals surface area (Å²) in [4.78, 5) is 7.51. The summed E-state index contributed by atoms with van der Waals surface area (Å²) in [5, 5.41) is 8.47. The number of benzene rings is 1. The molecule has 2 aromatic rings. The zero-order valence-corrected chi connectivity index (χ0v) is 15.7. The van der Waals surface area contributed by atoms with Crippen LogP contribution in [-0.4, -0.2) is 39.4 Å². The molecule has 0 bridgehead atoms. The highest BCUT2D eigenvalue weighted by molar-refractivity contribution is 7.91. The van der Waals surface area contributed by atoms with Crippen LogP contribution in [-0.2, 0) is 16.6 Å². The second kappa shape index (κ2) is 7.55. The second-order valence-electron chi connectivity index (χ2n) is 6.01. The van der Waals surface area contributed by atoms with Crippen LogP contribution in [0.3, 0.4) is 0 Å². The number of sulfonamides is 1.